The summed E-state index contributed by atoms with van der Waals surface area (Å²) in [6.07, 6.45) is 5.90. The molecule has 1 fully saturated rings. The Kier molecular flexibility index (Phi) is 4.48. The standard InChI is InChI=1S/C15H26N4O/c1-11(2)17-15(14(16)20)8-4-5-13(15)7-10-19-9-6-12(3)18-19/h6,9,11,13,17H,4-5,7-8,10H2,1-3H3,(H2,16,20). The lowest BCUT2D eigenvalue weighted by Gasteiger charge is -2.35. The molecular weight excluding hydrogens is 252 g/mol. The van der Waals surface area contributed by atoms with Crippen LogP contribution in [0.4, 0.5) is 0 Å². The van der Waals surface area contributed by atoms with Crippen LogP contribution in [0, 0.1) is 12.8 Å². The first-order valence-corrected chi connectivity index (χ1v) is 7.51. The van der Waals surface area contributed by atoms with Crippen LogP contribution in [0.1, 0.15) is 45.2 Å². The summed E-state index contributed by atoms with van der Waals surface area (Å²) in [5, 5.41) is 7.85. The second kappa shape index (κ2) is 5.95. The van der Waals surface area contributed by atoms with Crippen LogP contribution in [0.25, 0.3) is 0 Å². The van der Waals surface area contributed by atoms with Crippen molar-refractivity contribution in [3.05, 3.63) is 18.0 Å². The fourth-order valence-electron chi connectivity index (χ4n) is 3.45. The maximum atomic E-state index is 12.0. The largest absolute Gasteiger partial charge is 0.368 e. The molecule has 5 nitrogen and oxygen atoms in total. The number of nitrogens with one attached hydrogen (secondary N) is 1. The highest BCUT2D eigenvalue weighted by molar-refractivity contribution is 5.85. The molecule has 112 valence electrons. The van der Waals surface area contributed by atoms with Crippen LogP contribution < -0.4 is 11.1 Å². The molecule has 0 radical (unpaired) electrons. The van der Waals surface area contributed by atoms with Crippen molar-refractivity contribution in [3.63, 3.8) is 0 Å². The van der Waals surface area contributed by atoms with E-state index in [1.807, 2.05) is 23.9 Å². The molecule has 5 heteroatoms. The highest BCUT2D eigenvalue weighted by Gasteiger charge is 2.47. The lowest BCUT2D eigenvalue weighted by molar-refractivity contribution is -0.126. The third-order valence-corrected chi connectivity index (χ3v) is 4.29. The average molecular weight is 278 g/mol. The van der Waals surface area contributed by atoms with Crippen LogP contribution >= 0.6 is 0 Å². The number of primary amides is 1. The second-order valence-electron chi connectivity index (χ2n) is 6.23. The van der Waals surface area contributed by atoms with Gasteiger partial charge in [-0.3, -0.25) is 9.48 Å². The summed E-state index contributed by atoms with van der Waals surface area (Å²) in [5.41, 5.74) is 6.22. The van der Waals surface area contributed by atoms with E-state index in [1.54, 1.807) is 0 Å². The predicted octanol–water partition coefficient (Wildman–Crippen LogP) is 1.60. The predicted molar refractivity (Wildman–Crippen MR) is 79.1 cm³/mol. The molecule has 0 spiro atoms. The molecule has 0 aliphatic heterocycles. The van der Waals surface area contributed by atoms with E-state index in [9.17, 15) is 4.79 Å². The summed E-state index contributed by atoms with van der Waals surface area (Å²) in [5.74, 6) is 0.0947. The molecule has 20 heavy (non-hydrogen) atoms. The van der Waals surface area contributed by atoms with Crippen LogP contribution in [0.3, 0.4) is 0 Å². The van der Waals surface area contributed by atoms with Crippen molar-refractivity contribution in [2.24, 2.45) is 11.7 Å². The highest BCUT2D eigenvalue weighted by Crippen LogP contribution is 2.38. The van der Waals surface area contributed by atoms with Gasteiger partial charge in [0.05, 0.1) is 5.69 Å². The average Bonchev–Trinajstić information content (AvgIpc) is 2.93. The Morgan fingerprint density at radius 1 is 1.65 bits per heavy atom. The summed E-state index contributed by atoms with van der Waals surface area (Å²) in [4.78, 5) is 12.0. The van der Waals surface area contributed by atoms with Gasteiger partial charge in [0.25, 0.3) is 0 Å². The molecular formula is C15H26N4O. The molecule has 0 aromatic carbocycles. The number of amides is 1. The van der Waals surface area contributed by atoms with E-state index in [2.05, 4.69) is 24.3 Å². The molecule has 1 aromatic rings. The number of carbonyl (C=O) groups is 1. The van der Waals surface area contributed by atoms with Crippen LogP contribution in [0.5, 0.6) is 0 Å². The van der Waals surface area contributed by atoms with Gasteiger partial charge in [-0.2, -0.15) is 5.10 Å². The Morgan fingerprint density at radius 2 is 2.40 bits per heavy atom. The SMILES string of the molecule is Cc1ccn(CCC2CCCC2(NC(C)C)C(N)=O)n1. The summed E-state index contributed by atoms with van der Waals surface area (Å²) in [6.45, 7) is 6.96. The highest BCUT2D eigenvalue weighted by atomic mass is 16.1. The van der Waals surface area contributed by atoms with Crippen molar-refractivity contribution >= 4 is 5.91 Å². The Labute approximate surface area is 120 Å². The molecule has 1 aliphatic carbocycles. The Hall–Kier alpha value is -1.36. The number of aromatic nitrogens is 2. The van der Waals surface area contributed by atoms with E-state index in [-0.39, 0.29) is 11.9 Å². The molecule has 1 aliphatic rings. The molecule has 3 N–H and O–H groups in total. The van der Waals surface area contributed by atoms with Gasteiger partial charge in [0.15, 0.2) is 0 Å². The number of hydrogen-bond donors (Lipinski definition) is 2. The summed E-state index contributed by atoms with van der Waals surface area (Å²) in [7, 11) is 0. The zero-order chi connectivity index (χ0) is 14.8. The molecule has 1 aromatic heterocycles. The Bertz CT molecular complexity index is 468. The summed E-state index contributed by atoms with van der Waals surface area (Å²) in [6, 6.07) is 2.26. The van der Waals surface area contributed by atoms with Crippen molar-refractivity contribution in [1.29, 1.82) is 0 Å². The third-order valence-electron chi connectivity index (χ3n) is 4.29. The molecule has 2 unspecified atom stereocenters. The van der Waals surface area contributed by atoms with Gasteiger partial charge in [0.1, 0.15) is 5.54 Å². The van der Waals surface area contributed by atoms with Crippen molar-refractivity contribution in [1.82, 2.24) is 15.1 Å². The summed E-state index contributed by atoms with van der Waals surface area (Å²) < 4.78 is 1.95. The number of hydrogen-bond acceptors (Lipinski definition) is 3. The normalized spacial score (nSPS) is 26.3. The van der Waals surface area contributed by atoms with Crippen molar-refractivity contribution in [2.45, 2.75) is 64.6 Å². The number of nitrogens with two attached hydrogens (primary N) is 1. The molecule has 0 bridgehead atoms. The van der Waals surface area contributed by atoms with Crippen LogP contribution in [0.2, 0.25) is 0 Å². The first-order chi connectivity index (χ1) is 9.44. The number of rotatable bonds is 6. The van der Waals surface area contributed by atoms with Gasteiger partial charge in [0.2, 0.25) is 5.91 Å². The first kappa shape index (κ1) is 15.0. The Morgan fingerprint density at radius 3 is 2.95 bits per heavy atom. The minimum atomic E-state index is -0.531. The van der Waals surface area contributed by atoms with Gasteiger partial charge in [-0.05, 0) is 52.0 Å². The third kappa shape index (κ3) is 3.03. The van der Waals surface area contributed by atoms with E-state index in [1.165, 1.54) is 0 Å². The first-order valence-electron chi connectivity index (χ1n) is 7.51. The van der Waals surface area contributed by atoms with E-state index < -0.39 is 5.54 Å². The van der Waals surface area contributed by atoms with Crippen molar-refractivity contribution < 1.29 is 4.79 Å². The Balaban J connectivity index is 2.06. The second-order valence-corrected chi connectivity index (χ2v) is 6.23. The van der Waals surface area contributed by atoms with E-state index >= 15 is 0 Å². The number of carbonyl (C=O) groups excluding carboxylic acids is 1. The summed E-state index contributed by atoms with van der Waals surface area (Å²) >= 11 is 0. The van der Waals surface area contributed by atoms with Gasteiger partial charge < -0.3 is 11.1 Å². The fourth-order valence-corrected chi connectivity index (χ4v) is 3.45. The fraction of sp³-hybridized carbons (Fsp3) is 0.733. The van der Waals surface area contributed by atoms with Gasteiger partial charge >= 0.3 is 0 Å². The zero-order valence-corrected chi connectivity index (χ0v) is 12.7. The van der Waals surface area contributed by atoms with E-state index in [0.29, 0.717) is 5.92 Å². The van der Waals surface area contributed by atoms with Crippen LogP contribution in [0.15, 0.2) is 12.3 Å². The number of nitrogens with zero attached hydrogens (tertiary/aromatic N) is 2. The van der Waals surface area contributed by atoms with Gasteiger partial charge in [-0.1, -0.05) is 6.42 Å². The molecule has 1 saturated carbocycles. The molecule has 0 saturated heterocycles. The topological polar surface area (TPSA) is 72.9 Å². The van der Waals surface area contributed by atoms with Crippen LogP contribution in [-0.2, 0) is 11.3 Å². The maximum Gasteiger partial charge on any atom is 0.238 e. The lowest BCUT2D eigenvalue weighted by atomic mass is 9.83. The quantitative estimate of drug-likeness (QED) is 0.830. The van der Waals surface area contributed by atoms with Crippen molar-refractivity contribution in [2.75, 3.05) is 0 Å². The van der Waals surface area contributed by atoms with Gasteiger partial charge in [-0.25, -0.2) is 0 Å². The number of aryl methyl sites for hydroxylation is 2. The van der Waals surface area contributed by atoms with Crippen LogP contribution in [-0.4, -0.2) is 27.3 Å². The van der Waals surface area contributed by atoms with E-state index in [4.69, 9.17) is 5.73 Å². The minimum Gasteiger partial charge on any atom is -0.368 e. The van der Waals surface area contributed by atoms with Gasteiger partial charge in [0, 0.05) is 18.8 Å². The lowest BCUT2D eigenvalue weighted by Crippen LogP contribution is -2.60. The smallest absolute Gasteiger partial charge is 0.238 e. The van der Waals surface area contributed by atoms with E-state index in [0.717, 1.165) is 37.9 Å². The molecule has 2 atom stereocenters. The molecule has 1 amide bonds. The minimum absolute atomic E-state index is 0.203. The zero-order valence-electron chi connectivity index (χ0n) is 12.7. The molecule has 2 rings (SSSR count). The maximum absolute atomic E-state index is 12.0. The van der Waals surface area contributed by atoms with Gasteiger partial charge in [-0.15, -0.1) is 0 Å². The monoisotopic (exact) mass is 278 g/mol. The molecule has 1 heterocycles. The van der Waals surface area contributed by atoms with Crippen molar-refractivity contribution in [3.8, 4) is 0 Å².